The van der Waals surface area contributed by atoms with Gasteiger partial charge in [0.15, 0.2) is 0 Å². The summed E-state index contributed by atoms with van der Waals surface area (Å²) < 4.78 is 0. The largest absolute Gasteiger partial charge is 0.366 e. The van der Waals surface area contributed by atoms with Crippen molar-refractivity contribution in [3.05, 3.63) is 56.8 Å². The zero-order valence-electron chi connectivity index (χ0n) is 10.4. The van der Waals surface area contributed by atoms with E-state index in [1.807, 2.05) is 0 Å². The maximum absolute atomic E-state index is 12.1. The Morgan fingerprint density at radius 3 is 2.24 bits per heavy atom. The molecule has 2 amide bonds. The van der Waals surface area contributed by atoms with Crippen molar-refractivity contribution in [1.29, 1.82) is 0 Å². The molecule has 0 aliphatic rings. The van der Waals surface area contributed by atoms with Crippen molar-refractivity contribution in [2.24, 2.45) is 5.73 Å². The molecule has 0 bridgehead atoms. The van der Waals surface area contributed by atoms with E-state index in [2.05, 4.69) is 10.3 Å². The molecule has 21 heavy (non-hydrogen) atoms. The number of anilines is 1. The average Bonchev–Trinajstić information content (AvgIpc) is 2.45. The highest BCUT2D eigenvalue weighted by molar-refractivity contribution is 6.49. The molecule has 0 radical (unpaired) electrons. The van der Waals surface area contributed by atoms with E-state index >= 15 is 0 Å². The Morgan fingerprint density at radius 2 is 1.67 bits per heavy atom. The molecular formula is C13H8Cl3N3O2. The van der Waals surface area contributed by atoms with Crippen molar-refractivity contribution >= 4 is 52.3 Å². The van der Waals surface area contributed by atoms with E-state index in [1.54, 1.807) is 0 Å². The van der Waals surface area contributed by atoms with Crippen LogP contribution in [0.2, 0.25) is 15.1 Å². The molecular weight excluding hydrogens is 337 g/mol. The van der Waals surface area contributed by atoms with Crippen LogP contribution in [-0.2, 0) is 0 Å². The van der Waals surface area contributed by atoms with Crippen molar-refractivity contribution in [3.63, 3.8) is 0 Å². The first-order chi connectivity index (χ1) is 9.90. The predicted molar refractivity (Wildman–Crippen MR) is 82.2 cm³/mol. The molecule has 0 fully saturated rings. The summed E-state index contributed by atoms with van der Waals surface area (Å²) in [4.78, 5) is 26.9. The van der Waals surface area contributed by atoms with Crippen LogP contribution in [0.5, 0.6) is 0 Å². The van der Waals surface area contributed by atoms with Gasteiger partial charge in [0.05, 0.1) is 15.1 Å². The summed E-state index contributed by atoms with van der Waals surface area (Å²) in [6.07, 6.45) is 1.24. The lowest BCUT2D eigenvalue weighted by Crippen LogP contribution is -2.15. The molecule has 0 aliphatic heterocycles. The van der Waals surface area contributed by atoms with E-state index in [9.17, 15) is 9.59 Å². The van der Waals surface area contributed by atoms with Crippen molar-refractivity contribution in [2.75, 3.05) is 5.32 Å². The van der Waals surface area contributed by atoms with Crippen LogP contribution in [0.1, 0.15) is 20.8 Å². The van der Waals surface area contributed by atoms with Crippen molar-refractivity contribution in [2.45, 2.75) is 0 Å². The highest BCUT2D eigenvalue weighted by atomic mass is 35.5. The van der Waals surface area contributed by atoms with Crippen LogP contribution in [0.25, 0.3) is 0 Å². The van der Waals surface area contributed by atoms with Crippen LogP contribution < -0.4 is 11.1 Å². The molecule has 3 N–H and O–H groups in total. The van der Waals surface area contributed by atoms with Gasteiger partial charge in [-0.15, -0.1) is 0 Å². The van der Waals surface area contributed by atoms with Gasteiger partial charge in [0.2, 0.25) is 5.91 Å². The van der Waals surface area contributed by atoms with Gasteiger partial charge < -0.3 is 11.1 Å². The Balaban J connectivity index is 2.22. The summed E-state index contributed by atoms with van der Waals surface area (Å²) in [6, 6.07) is 6.04. The fraction of sp³-hybridized carbons (Fsp3) is 0. The first-order valence-electron chi connectivity index (χ1n) is 5.61. The third-order valence-corrected chi connectivity index (χ3v) is 3.80. The van der Waals surface area contributed by atoms with Gasteiger partial charge in [0.25, 0.3) is 5.91 Å². The fourth-order valence-corrected chi connectivity index (χ4v) is 2.08. The molecule has 0 spiro atoms. The molecule has 0 aliphatic carbocycles. The van der Waals surface area contributed by atoms with Crippen molar-refractivity contribution in [3.8, 4) is 0 Å². The molecule has 108 valence electrons. The summed E-state index contributed by atoms with van der Waals surface area (Å²) in [7, 11) is 0. The van der Waals surface area contributed by atoms with Crippen molar-refractivity contribution in [1.82, 2.24) is 4.98 Å². The summed E-state index contributed by atoms with van der Waals surface area (Å²) in [5.41, 5.74) is 5.86. The number of primary amides is 1. The second kappa shape index (κ2) is 6.30. The zero-order valence-corrected chi connectivity index (χ0v) is 12.6. The van der Waals surface area contributed by atoms with E-state index in [-0.39, 0.29) is 20.8 Å². The van der Waals surface area contributed by atoms with Crippen LogP contribution in [0.15, 0.2) is 30.5 Å². The normalized spacial score (nSPS) is 10.2. The van der Waals surface area contributed by atoms with Gasteiger partial charge in [-0.25, -0.2) is 4.98 Å². The number of nitrogens with zero attached hydrogens (tertiary/aromatic N) is 1. The molecule has 5 nitrogen and oxygen atoms in total. The van der Waals surface area contributed by atoms with Gasteiger partial charge >= 0.3 is 0 Å². The number of carbonyl (C=O) groups excluding carboxylic acids is 2. The lowest BCUT2D eigenvalue weighted by Gasteiger charge is -2.08. The second-order valence-electron chi connectivity index (χ2n) is 3.98. The molecule has 1 heterocycles. The maximum Gasteiger partial charge on any atom is 0.275 e. The quantitative estimate of drug-likeness (QED) is 0.895. The number of nitrogens with two attached hydrogens (primary N) is 1. The van der Waals surface area contributed by atoms with Gasteiger partial charge in [-0.2, -0.15) is 0 Å². The molecule has 0 saturated heterocycles. The van der Waals surface area contributed by atoms with Crippen LogP contribution in [0.4, 0.5) is 5.69 Å². The van der Waals surface area contributed by atoms with Crippen molar-refractivity contribution < 1.29 is 9.59 Å². The number of halogens is 3. The van der Waals surface area contributed by atoms with Gasteiger partial charge in [-0.05, 0) is 24.3 Å². The Hall–Kier alpha value is -1.82. The predicted octanol–water partition coefficient (Wildman–Crippen LogP) is 3.39. The Morgan fingerprint density at radius 1 is 1.05 bits per heavy atom. The summed E-state index contributed by atoms with van der Waals surface area (Å²) >= 11 is 17.5. The number of nitrogens with one attached hydrogen (secondary N) is 1. The van der Waals surface area contributed by atoms with E-state index < -0.39 is 11.8 Å². The Kier molecular flexibility index (Phi) is 4.67. The molecule has 8 heteroatoms. The van der Waals surface area contributed by atoms with E-state index in [0.717, 1.165) is 0 Å². The smallest absolute Gasteiger partial charge is 0.275 e. The van der Waals surface area contributed by atoms with E-state index in [4.69, 9.17) is 40.5 Å². The fourth-order valence-electron chi connectivity index (χ4n) is 1.51. The highest BCUT2D eigenvalue weighted by Crippen LogP contribution is 2.31. The first-order valence-corrected chi connectivity index (χ1v) is 6.74. The average molecular weight is 345 g/mol. The number of hydrogen-bond donors (Lipinski definition) is 2. The molecule has 1 aromatic heterocycles. The lowest BCUT2D eigenvalue weighted by atomic mass is 10.2. The Bertz CT molecular complexity index is 717. The standard InChI is InChI=1S/C13H8Cl3N3O2/c14-8-5-18-11(10(16)9(8)15)13(21)19-7-3-1-6(2-4-7)12(17)20/h1-5H,(H2,17,20)(H,19,21). The summed E-state index contributed by atoms with van der Waals surface area (Å²) in [5.74, 6) is -1.10. The van der Waals surface area contributed by atoms with Gasteiger partial charge in [-0.1, -0.05) is 34.8 Å². The third kappa shape index (κ3) is 3.44. The highest BCUT2D eigenvalue weighted by Gasteiger charge is 2.17. The number of hydrogen-bond acceptors (Lipinski definition) is 3. The number of benzene rings is 1. The topological polar surface area (TPSA) is 85.1 Å². The molecule has 0 atom stereocenters. The molecule has 2 aromatic rings. The molecule has 0 saturated carbocycles. The van der Waals surface area contributed by atoms with Crippen LogP contribution in [0.3, 0.4) is 0 Å². The minimum atomic E-state index is -0.554. The summed E-state index contributed by atoms with van der Waals surface area (Å²) in [5, 5.41) is 2.75. The number of pyridine rings is 1. The minimum absolute atomic E-state index is 0.0320. The number of rotatable bonds is 3. The minimum Gasteiger partial charge on any atom is -0.366 e. The zero-order chi connectivity index (χ0) is 15.6. The molecule has 2 rings (SSSR count). The number of aromatic nitrogens is 1. The SMILES string of the molecule is NC(=O)c1ccc(NC(=O)c2ncc(Cl)c(Cl)c2Cl)cc1. The van der Waals surface area contributed by atoms with E-state index in [1.165, 1.54) is 30.5 Å². The maximum atomic E-state index is 12.1. The molecule has 0 unspecified atom stereocenters. The van der Waals surface area contributed by atoms with Gasteiger partial charge in [0, 0.05) is 17.4 Å². The number of carbonyl (C=O) groups is 2. The monoisotopic (exact) mass is 343 g/mol. The van der Waals surface area contributed by atoms with Gasteiger partial charge in [-0.3, -0.25) is 9.59 Å². The van der Waals surface area contributed by atoms with Crippen LogP contribution >= 0.6 is 34.8 Å². The number of amides is 2. The second-order valence-corrected chi connectivity index (χ2v) is 5.14. The third-order valence-electron chi connectivity index (χ3n) is 2.56. The Labute approximate surface area is 135 Å². The lowest BCUT2D eigenvalue weighted by molar-refractivity contribution is 0.0998. The van der Waals surface area contributed by atoms with Crippen LogP contribution in [-0.4, -0.2) is 16.8 Å². The first kappa shape index (κ1) is 15.6. The summed E-state index contributed by atoms with van der Waals surface area (Å²) in [6.45, 7) is 0. The van der Waals surface area contributed by atoms with E-state index in [0.29, 0.717) is 11.3 Å². The molecule has 1 aromatic carbocycles. The van der Waals surface area contributed by atoms with Gasteiger partial charge in [0.1, 0.15) is 5.69 Å². The van der Waals surface area contributed by atoms with Crippen LogP contribution in [0, 0.1) is 0 Å².